The van der Waals surface area contributed by atoms with E-state index in [1.807, 2.05) is 0 Å². The minimum Gasteiger partial charge on any atom is -0.478 e. The van der Waals surface area contributed by atoms with Gasteiger partial charge in [-0.25, -0.2) is 4.79 Å². The molecule has 0 aliphatic rings. The molecular formula is C20H36O2. The van der Waals surface area contributed by atoms with Gasteiger partial charge in [-0.3, -0.25) is 0 Å². The maximum atomic E-state index is 10.3. The summed E-state index contributed by atoms with van der Waals surface area (Å²) in [7, 11) is 0. The Kier molecular flexibility index (Phi) is 17.1. The van der Waals surface area contributed by atoms with Gasteiger partial charge in [-0.05, 0) is 38.5 Å². The molecule has 0 aromatic heterocycles. The number of carboxylic acids is 1. The van der Waals surface area contributed by atoms with Crippen LogP contribution in [0.4, 0.5) is 0 Å². The molecule has 0 saturated carbocycles. The Morgan fingerprint density at radius 1 is 0.682 bits per heavy atom. The summed E-state index contributed by atoms with van der Waals surface area (Å²) in [6.07, 6.45) is 25.5. The zero-order chi connectivity index (χ0) is 16.3. The second-order valence-electron chi connectivity index (χ2n) is 6.11. The van der Waals surface area contributed by atoms with Crippen LogP contribution in [0.25, 0.3) is 0 Å². The Hall–Kier alpha value is -1.05. The number of aliphatic carboxylic acids is 1. The minimum atomic E-state index is -0.842. The van der Waals surface area contributed by atoms with Crippen molar-refractivity contribution in [2.45, 2.75) is 96.8 Å². The van der Waals surface area contributed by atoms with Crippen LogP contribution in [0.3, 0.4) is 0 Å². The van der Waals surface area contributed by atoms with Crippen molar-refractivity contribution in [3.63, 3.8) is 0 Å². The normalized spacial score (nSPS) is 11.7. The van der Waals surface area contributed by atoms with Gasteiger partial charge in [0.2, 0.25) is 0 Å². The molecule has 0 rings (SSSR count). The molecule has 0 unspecified atom stereocenters. The van der Waals surface area contributed by atoms with E-state index in [1.165, 1.54) is 83.1 Å². The van der Waals surface area contributed by atoms with Crippen LogP contribution in [0.2, 0.25) is 0 Å². The Bertz CT molecular complexity index is 292. The van der Waals surface area contributed by atoms with Crippen molar-refractivity contribution in [2.24, 2.45) is 0 Å². The number of carbonyl (C=O) groups is 1. The van der Waals surface area contributed by atoms with Gasteiger partial charge in [-0.2, -0.15) is 0 Å². The fraction of sp³-hybridized carbons (Fsp3) is 0.750. The van der Waals surface area contributed by atoms with Crippen LogP contribution in [0.1, 0.15) is 96.8 Å². The number of hydrogen-bond donors (Lipinski definition) is 1. The summed E-state index contributed by atoms with van der Waals surface area (Å²) in [5.41, 5.74) is 0. The zero-order valence-electron chi connectivity index (χ0n) is 14.6. The van der Waals surface area contributed by atoms with Gasteiger partial charge in [-0.1, -0.05) is 76.5 Å². The third kappa shape index (κ3) is 18.9. The first-order chi connectivity index (χ1) is 10.8. The van der Waals surface area contributed by atoms with E-state index in [-0.39, 0.29) is 0 Å². The lowest BCUT2D eigenvalue weighted by Gasteiger charge is -1.99. The van der Waals surface area contributed by atoms with Crippen molar-refractivity contribution in [3.8, 4) is 0 Å². The molecule has 0 saturated heterocycles. The summed E-state index contributed by atoms with van der Waals surface area (Å²) >= 11 is 0. The summed E-state index contributed by atoms with van der Waals surface area (Å²) in [6, 6.07) is 0. The molecule has 0 spiro atoms. The van der Waals surface area contributed by atoms with Gasteiger partial charge < -0.3 is 5.11 Å². The smallest absolute Gasteiger partial charge is 0.327 e. The van der Waals surface area contributed by atoms with E-state index < -0.39 is 5.97 Å². The lowest BCUT2D eigenvalue weighted by Crippen LogP contribution is -1.85. The molecule has 22 heavy (non-hydrogen) atoms. The number of unbranched alkanes of at least 4 members (excludes halogenated alkanes) is 12. The molecule has 0 aliphatic heterocycles. The van der Waals surface area contributed by atoms with Crippen LogP contribution >= 0.6 is 0 Å². The number of rotatable bonds is 16. The van der Waals surface area contributed by atoms with Gasteiger partial charge in [-0.15, -0.1) is 0 Å². The SMILES string of the molecule is CCCCCCCCCC=CCCCCCCC=CC(=O)O. The average molecular weight is 309 g/mol. The maximum Gasteiger partial charge on any atom is 0.327 e. The van der Waals surface area contributed by atoms with Crippen LogP contribution < -0.4 is 0 Å². The molecule has 0 bridgehead atoms. The van der Waals surface area contributed by atoms with Gasteiger partial charge in [0.15, 0.2) is 0 Å². The van der Waals surface area contributed by atoms with E-state index in [1.54, 1.807) is 6.08 Å². The molecule has 2 nitrogen and oxygen atoms in total. The second kappa shape index (κ2) is 18.0. The van der Waals surface area contributed by atoms with Gasteiger partial charge in [0.05, 0.1) is 0 Å². The van der Waals surface area contributed by atoms with Crippen LogP contribution in [-0.4, -0.2) is 11.1 Å². The van der Waals surface area contributed by atoms with E-state index in [0.717, 1.165) is 12.8 Å². The maximum absolute atomic E-state index is 10.3. The molecule has 0 atom stereocenters. The fourth-order valence-corrected chi connectivity index (χ4v) is 2.52. The van der Waals surface area contributed by atoms with Crippen molar-refractivity contribution in [1.82, 2.24) is 0 Å². The molecule has 0 aromatic carbocycles. The van der Waals surface area contributed by atoms with Crippen molar-refractivity contribution in [3.05, 3.63) is 24.3 Å². The lowest BCUT2D eigenvalue weighted by atomic mass is 10.1. The number of hydrogen-bond acceptors (Lipinski definition) is 1. The predicted octanol–water partition coefficient (Wildman–Crippen LogP) is 6.66. The molecule has 2 heteroatoms. The van der Waals surface area contributed by atoms with E-state index in [0.29, 0.717) is 0 Å². The van der Waals surface area contributed by atoms with E-state index in [4.69, 9.17) is 5.11 Å². The highest BCUT2D eigenvalue weighted by molar-refractivity contribution is 5.79. The Morgan fingerprint density at radius 2 is 1.09 bits per heavy atom. The van der Waals surface area contributed by atoms with Gasteiger partial charge in [0.1, 0.15) is 0 Å². The van der Waals surface area contributed by atoms with Crippen molar-refractivity contribution < 1.29 is 9.90 Å². The summed E-state index contributed by atoms with van der Waals surface area (Å²) in [5.74, 6) is -0.842. The molecule has 0 amide bonds. The van der Waals surface area contributed by atoms with E-state index in [9.17, 15) is 4.79 Å². The topological polar surface area (TPSA) is 37.3 Å². The first-order valence-electron chi connectivity index (χ1n) is 9.31. The average Bonchev–Trinajstić information content (AvgIpc) is 2.50. The molecule has 0 radical (unpaired) electrons. The largest absolute Gasteiger partial charge is 0.478 e. The van der Waals surface area contributed by atoms with Crippen molar-refractivity contribution in [2.75, 3.05) is 0 Å². The Labute approximate surface area is 137 Å². The highest BCUT2D eigenvalue weighted by atomic mass is 16.4. The van der Waals surface area contributed by atoms with E-state index >= 15 is 0 Å². The summed E-state index contributed by atoms with van der Waals surface area (Å²) in [6.45, 7) is 2.27. The summed E-state index contributed by atoms with van der Waals surface area (Å²) in [5, 5.41) is 8.44. The highest BCUT2D eigenvalue weighted by Gasteiger charge is 1.90. The summed E-state index contributed by atoms with van der Waals surface area (Å²) < 4.78 is 0. The molecule has 128 valence electrons. The predicted molar refractivity (Wildman–Crippen MR) is 96.2 cm³/mol. The molecule has 0 aliphatic carbocycles. The second-order valence-corrected chi connectivity index (χ2v) is 6.11. The molecule has 0 aromatic rings. The van der Waals surface area contributed by atoms with E-state index in [2.05, 4.69) is 19.1 Å². The third-order valence-corrected chi connectivity index (χ3v) is 3.89. The third-order valence-electron chi connectivity index (χ3n) is 3.89. The minimum absolute atomic E-state index is 0.842. The van der Waals surface area contributed by atoms with Crippen LogP contribution in [0.5, 0.6) is 0 Å². The highest BCUT2D eigenvalue weighted by Crippen LogP contribution is 2.10. The number of carboxylic acid groups (broad SMARTS) is 1. The number of allylic oxidation sites excluding steroid dienone is 3. The van der Waals surface area contributed by atoms with Gasteiger partial charge in [0, 0.05) is 6.08 Å². The quantitative estimate of drug-likeness (QED) is 0.196. The van der Waals surface area contributed by atoms with Crippen molar-refractivity contribution in [1.29, 1.82) is 0 Å². The molecule has 0 heterocycles. The van der Waals surface area contributed by atoms with Crippen LogP contribution in [-0.2, 0) is 4.79 Å². The van der Waals surface area contributed by atoms with Gasteiger partial charge >= 0.3 is 5.97 Å². The molecule has 0 fully saturated rings. The monoisotopic (exact) mass is 308 g/mol. The van der Waals surface area contributed by atoms with Crippen LogP contribution in [0, 0.1) is 0 Å². The van der Waals surface area contributed by atoms with Gasteiger partial charge in [0.25, 0.3) is 0 Å². The Morgan fingerprint density at radius 3 is 1.55 bits per heavy atom. The van der Waals surface area contributed by atoms with Crippen LogP contribution in [0.15, 0.2) is 24.3 Å². The zero-order valence-corrected chi connectivity index (χ0v) is 14.6. The fourth-order valence-electron chi connectivity index (χ4n) is 2.52. The Balaban J connectivity index is 3.13. The molecular weight excluding hydrogens is 272 g/mol. The van der Waals surface area contributed by atoms with Crippen molar-refractivity contribution >= 4 is 5.97 Å². The first kappa shape index (κ1) is 20.9. The summed E-state index contributed by atoms with van der Waals surface area (Å²) in [4.78, 5) is 10.3. The lowest BCUT2D eigenvalue weighted by molar-refractivity contribution is -0.131. The standard InChI is InChI=1S/C20H36O2/c1-2-3-4-5-6-7-8-9-10-11-12-13-14-15-16-17-18-19-20(21)22/h10-11,18-19H,2-9,12-17H2,1H3,(H,21,22). The molecule has 1 N–H and O–H groups in total. The first-order valence-corrected chi connectivity index (χ1v) is 9.31.